The number of nitrogens with one attached hydrogen (secondary N) is 2. The first-order valence-electron chi connectivity index (χ1n) is 8.25. The van der Waals surface area contributed by atoms with E-state index in [-0.39, 0.29) is 11.4 Å². The molecule has 0 spiro atoms. The number of rotatable bonds is 6. The summed E-state index contributed by atoms with van der Waals surface area (Å²) in [5.74, 6) is 0.451. The zero-order chi connectivity index (χ0) is 18.2. The highest BCUT2D eigenvalue weighted by molar-refractivity contribution is 7.91. The number of ether oxygens (including phenoxy) is 1. The van der Waals surface area contributed by atoms with Gasteiger partial charge < -0.3 is 15.8 Å². The number of fused-ring (bicyclic) bond motifs is 1. The van der Waals surface area contributed by atoms with Gasteiger partial charge in [-0.3, -0.25) is 9.71 Å². The van der Waals surface area contributed by atoms with Gasteiger partial charge in [-0.1, -0.05) is 6.07 Å². The predicted octanol–water partition coefficient (Wildman–Crippen LogP) is 1.16. The normalized spacial score (nSPS) is 19.0. The Balaban J connectivity index is 1.46. The Morgan fingerprint density at radius 1 is 1.23 bits per heavy atom. The van der Waals surface area contributed by atoms with E-state index in [2.05, 4.69) is 19.4 Å². The van der Waals surface area contributed by atoms with Crippen molar-refractivity contribution in [3.63, 3.8) is 0 Å². The van der Waals surface area contributed by atoms with Crippen LogP contribution in [0.5, 0.6) is 5.75 Å². The Kier molecular flexibility index (Phi) is 4.04. The lowest BCUT2D eigenvalue weighted by Crippen LogP contribution is -2.37. The van der Waals surface area contributed by atoms with Crippen molar-refractivity contribution >= 4 is 21.7 Å². The van der Waals surface area contributed by atoms with Crippen LogP contribution < -0.4 is 20.5 Å². The van der Waals surface area contributed by atoms with Crippen molar-refractivity contribution in [1.29, 1.82) is 0 Å². The third-order valence-corrected chi connectivity index (χ3v) is 5.43. The summed E-state index contributed by atoms with van der Waals surface area (Å²) in [6.07, 6.45) is 5.58. The van der Waals surface area contributed by atoms with Crippen molar-refractivity contribution in [1.82, 2.24) is 10.3 Å². The summed E-state index contributed by atoms with van der Waals surface area (Å²) in [5, 5.41) is 3.54. The van der Waals surface area contributed by atoms with Crippen LogP contribution in [0.15, 0.2) is 47.1 Å². The molecule has 1 aliphatic carbocycles. The maximum absolute atomic E-state index is 11.6. The standard InChI is InChI=1S/C17H19N5O3S/c18-16-15-13(21-26(23,24)22-16)2-1-3-14(15)25-11-17(6-7-17)20-10-12-4-8-19-9-5-12/h1-5,8-9,20-21H,6-7,10-11H2,(H2,18,22). The summed E-state index contributed by atoms with van der Waals surface area (Å²) in [5.41, 5.74) is 7.78. The highest BCUT2D eigenvalue weighted by Gasteiger charge is 2.43. The zero-order valence-corrected chi connectivity index (χ0v) is 14.8. The van der Waals surface area contributed by atoms with Crippen LogP contribution in [-0.4, -0.2) is 31.4 Å². The number of aromatic nitrogens is 1. The second-order valence-electron chi connectivity index (χ2n) is 6.51. The van der Waals surface area contributed by atoms with Gasteiger partial charge in [-0.2, -0.15) is 8.42 Å². The topological polar surface area (TPSA) is 119 Å². The molecule has 8 nitrogen and oxygen atoms in total. The number of anilines is 1. The maximum Gasteiger partial charge on any atom is 0.344 e. The van der Waals surface area contributed by atoms with Crippen LogP contribution in [0.25, 0.3) is 0 Å². The molecule has 136 valence electrons. The van der Waals surface area contributed by atoms with E-state index in [1.54, 1.807) is 30.6 Å². The van der Waals surface area contributed by atoms with Crippen molar-refractivity contribution in [2.45, 2.75) is 24.9 Å². The van der Waals surface area contributed by atoms with Crippen LogP contribution in [0.4, 0.5) is 5.69 Å². The molecule has 0 radical (unpaired) electrons. The lowest BCUT2D eigenvalue weighted by atomic mass is 10.1. The first-order valence-corrected chi connectivity index (χ1v) is 9.69. The largest absolute Gasteiger partial charge is 0.491 e. The Morgan fingerprint density at radius 3 is 2.73 bits per heavy atom. The highest BCUT2D eigenvalue weighted by atomic mass is 32.2. The molecule has 2 aromatic rings. The second-order valence-corrected chi connectivity index (χ2v) is 7.85. The summed E-state index contributed by atoms with van der Waals surface area (Å²) < 4.78 is 35.2. The van der Waals surface area contributed by atoms with Crippen LogP contribution in [0.1, 0.15) is 24.0 Å². The first kappa shape index (κ1) is 16.8. The van der Waals surface area contributed by atoms with Gasteiger partial charge in [0, 0.05) is 18.9 Å². The van der Waals surface area contributed by atoms with Gasteiger partial charge in [0.05, 0.1) is 16.8 Å². The fourth-order valence-corrected chi connectivity index (χ4v) is 3.71. The molecule has 26 heavy (non-hydrogen) atoms. The van der Waals surface area contributed by atoms with Crippen molar-refractivity contribution in [3.05, 3.63) is 53.9 Å². The molecule has 9 heteroatoms. The van der Waals surface area contributed by atoms with E-state index in [4.69, 9.17) is 10.5 Å². The Bertz CT molecular complexity index is 956. The molecule has 2 aliphatic rings. The molecule has 1 aromatic carbocycles. The number of nitrogens with two attached hydrogens (primary N) is 1. The fourth-order valence-electron chi connectivity index (χ4n) is 2.87. The van der Waals surface area contributed by atoms with E-state index < -0.39 is 10.2 Å². The second kappa shape index (κ2) is 6.26. The number of amidine groups is 1. The molecule has 1 saturated carbocycles. The summed E-state index contributed by atoms with van der Waals surface area (Å²) in [6, 6.07) is 9.07. The van der Waals surface area contributed by atoms with E-state index in [1.165, 1.54) is 0 Å². The maximum atomic E-state index is 11.6. The predicted molar refractivity (Wildman–Crippen MR) is 98.2 cm³/mol. The number of hydrogen-bond donors (Lipinski definition) is 3. The molecule has 2 heterocycles. The van der Waals surface area contributed by atoms with Crippen LogP contribution in [-0.2, 0) is 16.8 Å². The van der Waals surface area contributed by atoms with Crippen molar-refractivity contribution < 1.29 is 13.2 Å². The molecule has 0 atom stereocenters. The first-order chi connectivity index (χ1) is 12.5. The Hall–Kier alpha value is -2.65. The van der Waals surface area contributed by atoms with Crippen molar-refractivity contribution in [2.24, 2.45) is 10.1 Å². The van der Waals surface area contributed by atoms with E-state index in [9.17, 15) is 8.42 Å². The summed E-state index contributed by atoms with van der Waals surface area (Å²) >= 11 is 0. The van der Waals surface area contributed by atoms with Crippen molar-refractivity contribution in [2.75, 3.05) is 11.3 Å². The molecule has 0 saturated heterocycles. The van der Waals surface area contributed by atoms with Gasteiger partial charge >= 0.3 is 10.2 Å². The van der Waals surface area contributed by atoms with E-state index in [0.29, 0.717) is 23.6 Å². The molecule has 1 aliphatic heterocycles. The molecule has 4 rings (SSSR count). The molecular weight excluding hydrogens is 354 g/mol. The molecule has 1 fully saturated rings. The minimum atomic E-state index is -3.79. The molecule has 0 unspecified atom stereocenters. The molecule has 1 aromatic heterocycles. The Labute approximate surface area is 151 Å². The molecular formula is C17H19N5O3S. The third-order valence-electron chi connectivity index (χ3n) is 4.51. The van der Waals surface area contributed by atoms with Gasteiger partial charge in [0.15, 0.2) is 5.84 Å². The van der Waals surface area contributed by atoms with Crippen LogP contribution in [0.2, 0.25) is 0 Å². The summed E-state index contributed by atoms with van der Waals surface area (Å²) in [6.45, 7) is 1.21. The summed E-state index contributed by atoms with van der Waals surface area (Å²) in [7, 11) is -3.79. The quantitative estimate of drug-likeness (QED) is 0.699. The third kappa shape index (κ3) is 3.49. The van der Waals surface area contributed by atoms with Gasteiger partial charge in [-0.05, 0) is 42.7 Å². The molecule has 4 N–H and O–H groups in total. The fraction of sp³-hybridized carbons (Fsp3) is 0.294. The van der Waals surface area contributed by atoms with E-state index in [0.717, 1.165) is 24.9 Å². The van der Waals surface area contributed by atoms with E-state index in [1.807, 2.05) is 12.1 Å². The summed E-state index contributed by atoms with van der Waals surface area (Å²) in [4.78, 5) is 4.02. The Morgan fingerprint density at radius 2 is 2.00 bits per heavy atom. The van der Waals surface area contributed by atoms with Crippen LogP contribution >= 0.6 is 0 Å². The number of nitrogens with zero attached hydrogens (tertiary/aromatic N) is 2. The monoisotopic (exact) mass is 373 g/mol. The lowest BCUT2D eigenvalue weighted by Gasteiger charge is -2.22. The van der Waals surface area contributed by atoms with Gasteiger partial charge in [0.1, 0.15) is 12.4 Å². The number of pyridine rings is 1. The van der Waals surface area contributed by atoms with Crippen LogP contribution in [0.3, 0.4) is 0 Å². The van der Waals surface area contributed by atoms with Gasteiger partial charge in [0.25, 0.3) is 0 Å². The highest BCUT2D eigenvalue weighted by Crippen LogP contribution is 2.38. The molecule has 0 bridgehead atoms. The zero-order valence-electron chi connectivity index (χ0n) is 14.0. The minimum absolute atomic E-state index is 0.0658. The lowest BCUT2D eigenvalue weighted by molar-refractivity contribution is 0.251. The van der Waals surface area contributed by atoms with Crippen molar-refractivity contribution in [3.8, 4) is 5.75 Å². The van der Waals surface area contributed by atoms with Gasteiger partial charge in [0.2, 0.25) is 0 Å². The molecule has 0 amide bonds. The average molecular weight is 373 g/mol. The van der Waals surface area contributed by atoms with Gasteiger partial charge in [-0.25, -0.2) is 0 Å². The van der Waals surface area contributed by atoms with Crippen LogP contribution in [0, 0.1) is 0 Å². The minimum Gasteiger partial charge on any atom is -0.491 e. The van der Waals surface area contributed by atoms with E-state index >= 15 is 0 Å². The number of hydrogen-bond acceptors (Lipinski definition) is 6. The SMILES string of the molecule is NC1=NS(=O)(=O)Nc2cccc(OCC3(NCc4ccncc4)CC3)c21. The smallest absolute Gasteiger partial charge is 0.344 e. The number of benzene rings is 1. The van der Waals surface area contributed by atoms with Gasteiger partial charge in [-0.15, -0.1) is 4.40 Å². The average Bonchev–Trinajstić information content (AvgIpc) is 3.38.